The predicted molar refractivity (Wildman–Crippen MR) is 56.6 cm³/mol. The lowest BCUT2D eigenvalue weighted by molar-refractivity contribution is 0.370. The normalized spacial score (nSPS) is 12.8. The molecule has 5 heteroatoms. The van der Waals surface area contributed by atoms with Crippen LogP contribution in [-0.4, -0.2) is 36.9 Å². The zero-order chi connectivity index (χ0) is 10.5. The van der Waals surface area contributed by atoms with Crippen molar-refractivity contribution in [2.24, 2.45) is 0 Å². The second kappa shape index (κ2) is 5.83. The van der Waals surface area contributed by atoms with Crippen molar-refractivity contribution in [2.45, 2.75) is 33.2 Å². The minimum absolute atomic E-state index is 0.00435. The summed E-state index contributed by atoms with van der Waals surface area (Å²) in [5.74, 6) is 0.559. The molecule has 80 valence electrons. The molecule has 0 aromatic heterocycles. The maximum Gasteiger partial charge on any atom is 0.214 e. The Kier molecular flexibility index (Phi) is 5.92. The quantitative estimate of drug-likeness (QED) is 0.648. The Morgan fingerprint density at radius 2 is 1.92 bits per heavy atom. The van der Waals surface area contributed by atoms with Gasteiger partial charge in [-0.25, -0.2) is 8.42 Å². The maximum absolute atomic E-state index is 11.6. The predicted octanol–water partition coefficient (Wildman–Crippen LogP) is 1.68. The van der Waals surface area contributed by atoms with Crippen molar-refractivity contribution in [3.8, 4) is 0 Å². The van der Waals surface area contributed by atoms with Crippen molar-refractivity contribution < 1.29 is 8.42 Å². The van der Waals surface area contributed by atoms with E-state index < -0.39 is 10.0 Å². The lowest BCUT2D eigenvalue weighted by Gasteiger charge is -2.24. The van der Waals surface area contributed by atoms with Crippen molar-refractivity contribution in [3.63, 3.8) is 0 Å². The third kappa shape index (κ3) is 4.29. The molecule has 0 radical (unpaired) electrons. The first-order chi connectivity index (χ1) is 5.95. The summed E-state index contributed by atoms with van der Waals surface area (Å²) < 4.78 is 24.7. The van der Waals surface area contributed by atoms with Crippen LogP contribution in [-0.2, 0) is 10.0 Å². The maximum atomic E-state index is 11.6. The van der Waals surface area contributed by atoms with Gasteiger partial charge in [0.05, 0.1) is 5.75 Å². The first-order valence-corrected chi connectivity index (χ1v) is 6.65. The van der Waals surface area contributed by atoms with E-state index in [0.717, 1.165) is 0 Å². The van der Waals surface area contributed by atoms with Gasteiger partial charge < -0.3 is 0 Å². The van der Waals surface area contributed by atoms with Crippen LogP contribution < -0.4 is 0 Å². The van der Waals surface area contributed by atoms with Gasteiger partial charge in [0, 0.05) is 18.5 Å². The zero-order valence-electron chi connectivity index (χ0n) is 8.46. The van der Waals surface area contributed by atoms with E-state index in [-0.39, 0.29) is 11.8 Å². The second-order valence-corrected chi connectivity index (χ2v) is 5.63. The fourth-order valence-electron chi connectivity index (χ4n) is 1.18. The summed E-state index contributed by atoms with van der Waals surface area (Å²) in [5, 5.41) is 0. The number of nitrogens with zero attached hydrogens (tertiary/aromatic N) is 1. The van der Waals surface area contributed by atoms with Crippen LogP contribution in [0.5, 0.6) is 0 Å². The van der Waals surface area contributed by atoms with E-state index in [4.69, 9.17) is 11.6 Å². The summed E-state index contributed by atoms with van der Waals surface area (Å²) in [6.45, 7) is 5.98. The molecule has 0 atom stereocenters. The van der Waals surface area contributed by atoms with Crippen LogP contribution in [0, 0.1) is 0 Å². The van der Waals surface area contributed by atoms with Crippen LogP contribution in [0.4, 0.5) is 0 Å². The first kappa shape index (κ1) is 13.2. The van der Waals surface area contributed by atoms with Crippen molar-refractivity contribution >= 4 is 21.6 Å². The van der Waals surface area contributed by atoms with Gasteiger partial charge in [0.15, 0.2) is 0 Å². The Balaban J connectivity index is 4.53. The molecule has 0 aromatic carbocycles. The van der Waals surface area contributed by atoms with Crippen LogP contribution in [0.3, 0.4) is 0 Å². The van der Waals surface area contributed by atoms with Gasteiger partial charge in [-0.05, 0) is 20.3 Å². The summed E-state index contributed by atoms with van der Waals surface area (Å²) in [6, 6.07) is -0.00435. The van der Waals surface area contributed by atoms with Crippen LogP contribution in [0.2, 0.25) is 0 Å². The number of rotatable bonds is 6. The highest BCUT2D eigenvalue weighted by Gasteiger charge is 2.22. The molecule has 0 saturated carbocycles. The molecule has 0 rings (SSSR count). The molecule has 0 saturated heterocycles. The van der Waals surface area contributed by atoms with E-state index in [9.17, 15) is 8.42 Å². The number of sulfonamides is 1. The summed E-state index contributed by atoms with van der Waals surface area (Å²) in [7, 11) is -3.08. The summed E-state index contributed by atoms with van der Waals surface area (Å²) >= 11 is 5.54. The highest BCUT2D eigenvalue weighted by Crippen LogP contribution is 2.08. The molecular formula is C8H18ClNO2S. The molecule has 0 aromatic rings. The standard InChI is InChI=1S/C8H18ClNO2S/c1-4-7-13(11,12)10(6-5-9)8(2)3/h8H,4-7H2,1-3H3. The molecule has 0 spiro atoms. The summed E-state index contributed by atoms with van der Waals surface area (Å²) in [4.78, 5) is 0. The van der Waals surface area contributed by atoms with Gasteiger partial charge in [-0.2, -0.15) is 4.31 Å². The largest absolute Gasteiger partial charge is 0.214 e. The minimum Gasteiger partial charge on any atom is -0.212 e. The molecule has 0 amide bonds. The van der Waals surface area contributed by atoms with Gasteiger partial charge in [0.1, 0.15) is 0 Å². The Bertz CT molecular complexity index is 226. The van der Waals surface area contributed by atoms with Crippen LogP contribution in [0.25, 0.3) is 0 Å². The van der Waals surface area contributed by atoms with Crippen molar-refractivity contribution in [3.05, 3.63) is 0 Å². The number of hydrogen-bond acceptors (Lipinski definition) is 2. The highest BCUT2D eigenvalue weighted by atomic mass is 35.5. The summed E-state index contributed by atoms with van der Waals surface area (Å²) in [5.41, 5.74) is 0. The minimum atomic E-state index is -3.08. The SMILES string of the molecule is CCCS(=O)(=O)N(CCCl)C(C)C. The van der Waals surface area contributed by atoms with Crippen molar-refractivity contribution in [1.82, 2.24) is 4.31 Å². The summed E-state index contributed by atoms with van der Waals surface area (Å²) in [6.07, 6.45) is 0.647. The third-order valence-electron chi connectivity index (χ3n) is 1.70. The average molecular weight is 228 g/mol. The molecule has 0 aliphatic heterocycles. The smallest absolute Gasteiger partial charge is 0.212 e. The molecule has 0 aliphatic rings. The molecule has 13 heavy (non-hydrogen) atoms. The molecule has 0 heterocycles. The lowest BCUT2D eigenvalue weighted by Crippen LogP contribution is -2.39. The van der Waals surface area contributed by atoms with Gasteiger partial charge in [-0.1, -0.05) is 6.92 Å². The van der Waals surface area contributed by atoms with E-state index in [1.54, 1.807) is 0 Å². The fourth-order valence-corrected chi connectivity index (χ4v) is 3.22. The Labute approximate surface area is 86.1 Å². The van der Waals surface area contributed by atoms with Crippen LogP contribution in [0.15, 0.2) is 0 Å². The molecule has 0 unspecified atom stereocenters. The molecule has 3 nitrogen and oxygen atoms in total. The number of halogens is 1. The zero-order valence-corrected chi connectivity index (χ0v) is 10.0. The van der Waals surface area contributed by atoms with Gasteiger partial charge in [-0.3, -0.25) is 0 Å². The van der Waals surface area contributed by atoms with E-state index in [1.807, 2.05) is 20.8 Å². The van der Waals surface area contributed by atoms with Gasteiger partial charge >= 0.3 is 0 Å². The van der Waals surface area contributed by atoms with Gasteiger partial charge in [-0.15, -0.1) is 11.6 Å². The Morgan fingerprint density at radius 1 is 1.38 bits per heavy atom. The monoisotopic (exact) mass is 227 g/mol. The lowest BCUT2D eigenvalue weighted by atomic mass is 10.4. The highest BCUT2D eigenvalue weighted by molar-refractivity contribution is 7.89. The number of hydrogen-bond donors (Lipinski definition) is 0. The fraction of sp³-hybridized carbons (Fsp3) is 1.00. The topological polar surface area (TPSA) is 37.4 Å². The van der Waals surface area contributed by atoms with E-state index in [1.165, 1.54) is 4.31 Å². The molecule has 0 fully saturated rings. The van der Waals surface area contributed by atoms with Crippen molar-refractivity contribution in [1.29, 1.82) is 0 Å². The molecule has 0 bridgehead atoms. The third-order valence-corrected chi connectivity index (χ3v) is 4.11. The molecular weight excluding hydrogens is 210 g/mol. The van der Waals surface area contributed by atoms with Crippen molar-refractivity contribution in [2.75, 3.05) is 18.2 Å². The first-order valence-electron chi connectivity index (χ1n) is 4.51. The second-order valence-electron chi connectivity index (χ2n) is 3.21. The average Bonchev–Trinajstić information content (AvgIpc) is 1.99. The van der Waals surface area contributed by atoms with Gasteiger partial charge in [0.25, 0.3) is 0 Å². The van der Waals surface area contributed by atoms with E-state index >= 15 is 0 Å². The van der Waals surface area contributed by atoms with Gasteiger partial charge in [0.2, 0.25) is 10.0 Å². The van der Waals surface area contributed by atoms with Crippen LogP contribution >= 0.6 is 11.6 Å². The van der Waals surface area contributed by atoms with Crippen LogP contribution in [0.1, 0.15) is 27.2 Å². The van der Waals surface area contributed by atoms with E-state index in [0.29, 0.717) is 18.8 Å². The number of alkyl halides is 1. The molecule has 0 N–H and O–H groups in total. The Hall–Kier alpha value is 0.200. The Morgan fingerprint density at radius 3 is 2.23 bits per heavy atom. The van der Waals surface area contributed by atoms with E-state index in [2.05, 4.69) is 0 Å². The molecule has 0 aliphatic carbocycles.